The van der Waals surface area contributed by atoms with E-state index in [9.17, 15) is 17.9 Å². The van der Waals surface area contributed by atoms with Crippen molar-refractivity contribution in [2.24, 2.45) is 0 Å². The van der Waals surface area contributed by atoms with Gasteiger partial charge in [-0.1, -0.05) is 12.1 Å². The van der Waals surface area contributed by atoms with Crippen LogP contribution in [0.2, 0.25) is 0 Å². The number of nitrogens with zero attached hydrogens (tertiary/aromatic N) is 2. The molecule has 21 heavy (non-hydrogen) atoms. The van der Waals surface area contributed by atoms with Crippen LogP contribution in [0.25, 0.3) is 0 Å². The topological polar surface area (TPSA) is 70.5 Å². The molecule has 110 valence electrons. The van der Waals surface area contributed by atoms with Gasteiger partial charge in [-0.25, -0.2) is 9.37 Å². The SMILES string of the molecule is O=S(=O)(c1ncccc1F)N1CCCc2cccc(O)c21. The van der Waals surface area contributed by atoms with Crippen LogP contribution >= 0.6 is 0 Å². The summed E-state index contributed by atoms with van der Waals surface area (Å²) in [7, 11) is -4.14. The molecule has 0 bridgehead atoms. The van der Waals surface area contributed by atoms with E-state index in [0.29, 0.717) is 12.8 Å². The first-order valence-corrected chi connectivity index (χ1v) is 7.90. The molecule has 0 atom stereocenters. The zero-order valence-electron chi connectivity index (χ0n) is 11.0. The van der Waals surface area contributed by atoms with Crippen molar-refractivity contribution in [1.82, 2.24) is 4.98 Å². The second kappa shape index (κ2) is 5.00. The number of aryl methyl sites for hydroxylation is 1. The van der Waals surface area contributed by atoms with Gasteiger partial charge in [0.1, 0.15) is 5.75 Å². The summed E-state index contributed by atoms with van der Waals surface area (Å²) < 4.78 is 40.1. The number of fused-ring (bicyclic) bond motifs is 1. The van der Waals surface area contributed by atoms with Crippen LogP contribution in [0.15, 0.2) is 41.6 Å². The van der Waals surface area contributed by atoms with Crippen molar-refractivity contribution in [3.05, 3.63) is 47.9 Å². The van der Waals surface area contributed by atoms with Crippen molar-refractivity contribution in [3.8, 4) is 5.75 Å². The lowest BCUT2D eigenvalue weighted by Crippen LogP contribution is -2.36. The fourth-order valence-corrected chi connectivity index (χ4v) is 4.04. The van der Waals surface area contributed by atoms with E-state index in [4.69, 9.17) is 0 Å². The number of halogens is 1. The molecule has 3 rings (SSSR count). The van der Waals surface area contributed by atoms with E-state index in [0.717, 1.165) is 15.9 Å². The van der Waals surface area contributed by atoms with E-state index in [2.05, 4.69) is 4.98 Å². The Morgan fingerprint density at radius 2 is 2.05 bits per heavy atom. The quantitative estimate of drug-likeness (QED) is 0.922. The van der Waals surface area contributed by atoms with Gasteiger partial charge in [0.15, 0.2) is 5.82 Å². The number of phenolic OH excluding ortho intramolecular Hbond substituents is 1. The van der Waals surface area contributed by atoms with Crippen molar-refractivity contribution >= 4 is 15.7 Å². The summed E-state index contributed by atoms with van der Waals surface area (Å²) in [4.78, 5) is 3.64. The van der Waals surface area contributed by atoms with Gasteiger partial charge < -0.3 is 5.11 Å². The van der Waals surface area contributed by atoms with Gasteiger partial charge in [0.25, 0.3) is 10.0 Å². The van der Waals surface area contributed by atoms with Crippen LogP contribution in [-0.2, 0) is 16.4 Å². The molecule has 1 N–H and O–H groups in total. The van der Waals surface area contributed by atoms with Crippen molar-refractivity contribution in [2.45, 2.75) is 17.9 Å². The minimum Gasteiger partial charge on any atom is -0.506 e. The molecular formula is C14H13FN2O3S. The van der Waals surface area contributed by atoms with E-state index in [1.54, 1.807) is 12.1 Å². The molecule has 0 amide bonds. The van der Waals surface area contributed by atoms with Crippen LogP contribution in [-0.4, -0.2) is 25.1 Å². The lowest BCUT2D eigenvalue weighted by Gasteiger charge is -2.30. The second-order valence-corrected chi connectivity index (χ2v) is 6.53. The zero-order valence-corrected chi connectivity index (χ0v) is 11.8. The van der Waals surface area contributed by atoms with E-state index in [1.807, 2.05) is 0 Å². The molecule has 1 aliphatic heterocycles. The molecule has 1 aliphatic rings. The summed E-state index contributed by atoms with van der Waals surface area (Å²) in [5, 5.41) is 9.36. The molecule has 0 saturated heterocycles. The average molecular weight is 308 g/mol. The van der Waals surface area contributed by atoms with Gasteiger partial charge in [-0.05, 0) is 36.6 Å². The molecule has 1 aromatic carbocycles. The summed E-state index contributed by atoms with van der Waals surface area (Å²) in [5.41, 5.74) is 0.940. The van der Waals surface area contributed by atoms with Gasteiger partial charge in [0.05, 0.1) is 5.69 Å². The van der Waals surface area contributed by atoms with Crippen LogP contribution in [0.1, 0.15) is 12.0 Å². The predicted molar refractivity (Wildman–Crippen MR) is 75.2 cm³/mol. The summed E-state index contributed by atoms with van der Waals surface area (Å²) in [6.07, 6.45) is 2.50. The highest BCUT2D eigenvalue weighted by Crippen LogP contribution is 2.38. The molecule has 5 nitrogen and oxygen atoms in total. The highest BCUT2D eigenvalue weighted by Gasteiger charge is 2.33. The number of anilines is 1. The van der Waals surface area contributed by atoms with Gasteiger partial charge in [-0.15, -0.1) is 0 Å². The molecule has 0 fully saturated rings. The molecule has 0 unspecified atom stereocenters. The Morgan fingerprint density at radius 1 is 1.24 bits per heavy atom. The fraction of sp³-hybridized carbons (Fsp3) is 0.214. The van der Waals surface area contributed by atoms with Crippen LogP contribution in [0.3, 0.4) is 0 Å². The highest BCUT2D eigenvalue weighted by atomic mass is 32.2. The Hall–Kier alpha value is -2.15. The summed E-state index contributed by atoms with van der Waals surface area (Å²) in [5.74, 6) is -1.04. The van der Waals surface area contributed by atoms with E-state index < -0.39 is 20.9 Å². The van der Waals surface area contributed by atoms with Gasteiger partial charge in [-0.2, -0.15) is 8.42 Å². The largest absolute Gasteiger partial charge is 0.506 e. The maximum absolute atomic E-state index is 13.8. The smallest absolute Gasteiger partial charge is 0.284 e. The van der Waals surface area contributed by atoms with Crippen LogP contribution in [0.4, 0.5) is 10.1 Å². The minimum absolute atomic E-state index is 0.132. The number of sulfonamides is 1. The predicted octanol–water partition coefficient (Wildman–Crippen LogP) is 2.07. The van der Waals surface area contributed by atoms with Gasteiger partial charge in [-0.3, -0.25) is 4.31 Å². The maximum Gasteiger partial charge on any atom is 0.284 e. The Labute approximate surface area is 121 Å². The third-order valence-corrected chi connectivity index (χ3v) is 5.15. The molecule has 0 saturated carbocycles. The monoisotopic (exact) mass is 308 g/mol. The molecule has 1 aromatic heterocycles. The van der Waals surface area contributed by atoms with Crippen molar-refractivity contribution in [2.75, 3.05) is 10.8 Å². The Bertz CT molecular complexity index is 793. The number of para-hydroxylation sites is 1. The van der Waals surface area contributed by atoms with Crippen molar-refractivity contribution in [1.29, 1.82) is 0 Å². The van der Waals surface area contributed by atoms with E-state index >= 15 is 0 Å². The number of aromatic nitrogens is 1. The normalized spacial score (nSPS) is 14.8. The first-order chi connectivity index (χ1) is 10.0. The van der Waals surface area contributed by atoms with Gasteiger partial charge in [0.2, 0.25) is 5.03 Å². The van der Waals surface area contributed by atoms with E-state index in [1.165, 1.54) is 18.3 Å². The Balaban J connectivity index is 2.17. The number of benzene rings is 1. The molecular weight excluding hydrogens is 295 g/mol. The highest BCUT2D eigenvalue weighted by molar-refractivity contribution is 7.92. The summed E-state index contributed by atoms with van der Waals surface area (Å²) in [6, 6.07) is 7.21. The maximum atomic E-state index is 13.8. The summed E-state index contributed by atoms with van der Waals surface area (Å²) in [6.45, 7) is 0.183. The fourth-order valence-electron chi connectivity index (χ4n) is 2.50. The third kappa shape index (κ3) is 2.23. The molecule has 2 heterocycles. The van der Waals surface area contributed by atoms with Crippen molar-refractivity contribution < 1.29 is 17.9 Å². The molecule has 7 heteroatoms. The lowest BCUT2D eigenvalue weighted by atomic mass is 10.0. The van der Waals surface area contributed by atoms with Crippen LogP contribution in [0, 0.1) is 5.82 Å². The lowest BCUT2D eigenvalue weighted by molar-refractivity contribution is 0.472. The van der Waals surface area contributed by atoms with Crippen LogP contribution < -0.4 is 4.31 Å². The second-order valence-electron chi connectivity index (χ2n) is 4.76. The van der Waals surface area contributed by atoms with Gasteiger partial charge >= 0.3 is 0 Å². The van der Waals surface area contributed by atoms with Gasteiger partial charge in [0, 0.05) is 12.7 Å². The minimum atomic E-state index is -4.14. The molecule has 2 aromatic rings. The number of aromatic hydroxyl groups is 1. The third-order valence-electron chi connectivity index (χ3n) is 3.41. The summed E-state index contributed by atoms with van der Waals surface area (Å²) >= 11 is 0. The first-order valence-electron chi connectivity index (χ1n) is 6.46. The van der Waals surface area contributed by atoms with Crippen LogP contribution in [0.5, 0.6) is 5.75 Å². The zero-order chi connectivity index (χ0) is 15.0. The number of pyridine rings is 1. The standard InChI is InChI=1S/C14H13FN2O3S/c15-11-6-2-8-16-14(11)21(19,20)17-9-3-5-10-4-1-7-12(18)13(10)17/h1-2,4,6-8,18H,3,5,9H2. The Morgan fingerprint density at radius 3 is 2.81 bits per heavy atom. The number of hydrogen-bond donors (Lipinski definition) is 1. The van der Waals surface area contributed by atoms with E-state index in [-0.39, 0.29) is 18.0 Å². The Kier molecular flexibility index (Phi) is 3.29. The first kappa shape index (κ1) is 13.8. The number of phenols is 1. The van der Waals surface area contributed by atoms with Crippen molar-refractivity contribution in [3.63, 3.8) is 0 Å². The number of hydrogen-bond acceptors (Lipinski definition) is 4. The average Bonchev–Trinajstić information content (AvgIpc) is 2.47. The number of rotatable bonds is 2. The molecule has 0 spiro atoms. The molecule has 0 radical (unpaired) electrons. The molecule has 0 aliphatic carbocycles.